The summed E-state index contributed by atoms with van der Waals surface area (Å²) in [5.74, 6) is 1.15. The maximum Gasteiger partial charge on any atom is 0.418 e. The number of benzene rings is 1. The van der Waals surface area contributed by atoms with Gasteiger partial charge in [-0.05, 0) is 41.6 Å². The van der Waals surface area contributed by atoms with Crippen LogP contribution < -0.4 is 0 Å². The van der Waals surface area contributed by atoms with E-state index in [1.165, 1.54) is 12.8 Å². The van der Waals surface area contributed by atoms with Crippen molar-refractivity contribution in [3.8, 4) is 0 Å². The Bertz CT molecular complexity index is 493. The molecule has 2 heteroatoms. The quantitative estimate of drug-likeness (QED) is 0.817. The molecule has 2 aliphatic rings. The fourth-order valence-corrected chi connectivity index (χ4v) is 4.80. The van der Waals surface area contributed by atoms with E-state index in [1.54, 1.807) is 6.47 Å². The van der Waals surface area contributed by atoms with Crippen LogP contribution >= 0.6 is 0 Å². The van der Waals surface area contributed by atoms with E-state index in [0.29, 0.717) is 11.3 Å². The van der Waals surface area contributed by atoms with E-state index < -0.39 is 0 Å². The maximum absolute atomic E-state index is 10.9. The molecule has 1 aromatic rings. The van der Waals surface area contributed by atoms with Crippen molar-refractivity contribution in [3.05, 3.63) is 35.9 Å². The molecule has 0 N–H and O–H groups in total. The number of carbonyl (C=O) groups excluding carboxylic acids is 1. The zero-order chi connectivity index (χ0) is 14.4. The van der Waals surface area contributed by atoms with E-state index >= 15 is 0 Å². The van der Waals surface area contributed by atoms with Crippen LogP contribution in [0.5, 0.6) is 0 Å². The van der Waals surface area contributed by atoms with Gasteiger partial charge in [-0.15, -0.1) is 0 Å². The Morgan fingerprint density at radius 3 is 2.45 bits per heavy atom. The molecule has 0 amide bonds. The molecule has 4 atom stereocenters. The summed E-state index contributed by atoms with van der Waals surface area (Å²) in [6.45, 7) is 8.85. The standard InChI is InChI=1S/C18H23O2/c1-17(2)14-9-10-18(17,3)15(11-14)16(20-12-19)13-7-5-4-6-8-13/h4-8,14-16H,9-11H2,1-3H3. The normalized spacial score (nSPS) is 35.8. The lowest BCUT2D eigenvalue weighted by Gasteiger charge is -2.42. The van der Waals surface area contributed by atoms with Crippen LogP contribution in [0.3, 0.4) is 0 Å². The van der Waals surface area contributed by atoms with Gasteiger partial charge in [0.15, 0.2) is 0 Å². The topological polar surface area (TPSA) is 26.3 Å². The Morgan fingerprint density at radius 2 is 1.95 bits per heavy atom. The molecular formula is C18H23O2. The Hall–Kier alpha value is -1.31. The summed E-state index contributed by atoms with van der Waals surface area (Å²) in [4.78, 5) is 10.9. The van der Waals surface area contributed by atoms with Crippen molar-refractivity contribution < 1.29 is 9.53 Å². The highest BCUT2D eigenvalue weighted by atomic mass is 16.5. The lowest BCUT2D eigenvalue weighted by atomic mass is 9.64. The van der Waals surface area contributed by atoms with Crippen LogP contribution in [0.15, 0.2) is 30.3 Å². The van der Waals surface area contributed by atoms with E-state index in [1.807, 2.05) is 18.2 Å². The Morgan fingerprint density at radius 1 is 1.25 bits per heavy atom. The second-order valence-electron chi connectivity index (χ2n) is 7.25. The molecule has 1 aromatic carbocycles. The number of ether oxygens (including phenoxy) is 1. The van der Waals surface area contributed by atoms with Gasteiger partial charge in [0.2, 0.25) is 0 Å². The summed E-state index contributed by atoms with van der Waals surface area (Å²) in [7, 11) is 0. The lowest BCUT2D eigenvalue weighted by Crippen LogP contribution is -2.35. The van der Waals surface area contributed by atoms with Crippen LogP contribution in [-0.2, 0) is 9.53 Å². The van der Waals surface area contributed by atoms with E-state index in [0.717, 1.165) is 17.9 Å². The summed E-state index contributed by atoms with van der Waals surface area (Å²) >= 11 is 0. The van der Waals surface area contributed by atoms with Crippen LogP contribution in [0, 0.1) is 22.7 Å². The Labute approximate surface area is 121 Å². The molecule has 2 bridgehead atoms. The highest BCUT2D eigenvalue weighted by Gasteiger charge is 2.63. The van der Waals surface area contributed by atoms with Gasteiger partial charge in [-0.25, -0.2) is 4.79 Å². The predicted octanol–water partition coefficient (Wildman–Crippen LogP) is 4.27. The van der Waals surface area contributed by atoms with Gasteiger partial charge < -0.3 is 4.74 Å². The predicted molar refractivity (Wildman–Crippen MR) is 78.7 cm³/mol. The molecule has 0 heterocycles. The molecule has 0 spiro atoms. The summed E-state index contributed by atoms with van der Waals surface area (Å²) < 4.78 is 5.42. The van der Waals surface area contributed by atoms with Crippen molar-refractivity contribution >= 4 is 6.47 Å². The third kappa shape index (κ3) is 1.73. The number of hydrogen-bond acceptors (Lipinski definition) is 2. The molecule has 1 radical (unpaired) electrons. The molecule has 4 unspecified atom stereocenters. The Kier molecular flexibility index (Phi) is 3.15. The molecular weight excluding hydrogens is 248 g/mol. The van der Waals surface area contributed by atoms with Gasteiger partial charge in [0.05, 0.1) is 0 Å². The van der Waals surface area contributed by atoms with Crippen molar-refractivity contribution in [1.29, 1.82) is 0 Å². The maximum atomic E-state index is 10.9. The van der Waals surface area contributed by atoms with Crippen LogP contribution in [0.1, 0.15) is 51.7 Å². The number of rotatable bonds is 4. The first-order valence-corrected chi connectivity index (χ1v) is 7.58. The average molecular weight is 271 g/mol. The van der Waals surface area contributed by atoms with Crippen LogP contribution in [0.4, 0.5) is 0 Å². The van der Waals surface area contributed by atoms with E-state index in [9.17, 15) is 4.79 Å². The summed E-state index contributed by atoms with van der Waals surface area (Å²) in [5.41, 5.74) is 1.68. The van der Waals surface area contributed by atoms with Crippen LogP contribution in [0.2, 0.25) is 0 Å². The smallest absolute Gasteiger partial charge is 0.418 e. The minimum absolute atomic E-state index is 0.150. The summed E-state index contributed by atoms with van der Waals surface area (Å²) in [6.07, 6.45) is 3.56. The second kappa shape index (κ2) is 4.61. The largest absolute Gasteiger partial charge is 0.449 e. The molecule has 107 valence electrons. The van der Waals surface area contributed by atoms with Gasteiger partial charge in [-0.2, -0.15) is 0 Å². The van der Waals surface area contributed by atoms with Gasteiger partial charge in [0.1, 0.15) is 6.10 Å². The lowest BCUT2D eigenvalue weighted by molar-refractivity contribution is 0.00988. The van der Waals surface area contributed by atoms with Crippen molar-refractivity contribution in [2.75, 3.05) is 0 Å². The highest BCUT2D eigenvalue weighted by Crippen LogP contribution is 2.70. The van der Waals surface area contributed by atoms with E-state index in [4.69, 9.17) is 4.74 Å². The summed E-state index contributed by atoms with van der Waals surface area (Å²) in [6, 6.07) is 10.1. The van der Waals surface area contributed by atoms with Gasteiger partial charge >= 0.3 is 6.47 Å². The second-order valence-corrected chi connectivity index (χ2v) is 7.25. The minimum atomic E-state index is -0.150. The molecule has 2 saturated carbocycles. The minimum Gasteiger partial charge on any atom is -0.449 e. The van der Waals surface area contributed by atoms with Crippen LogP contribution in [0.25, 0.3) is 0 Å². The first-order chi connectivity index (χ1) is 9.50. The molecule has 20 heavy (non-hydrogen) atoms. The SMILES string of the molecule is CC1(C)C2CCC1(C)C(C(O[C]=O)c1ccccc1)C2. The van der Waals surface area contributed by atoms with Crippen molar-refractivity contribution in [1.82, 2.24) is 0 Å². The van der Waals surface area contributed by atoms with E-state index in [-0.39, 0.29) is 11.5 Å². The molecule has 0 saturated heterocycles. The molecule has 0 aromatic heterocycles. The number of hydrogen-bond donors (Lipinski definition) is 0. The molecule has 3 rings (SSSR count). The first-order valence-electron chi connectivity index (χ1n) is 7.58. The van der Waals surface area contributed by atoms with Gasteiger partial charge in [-0.3, -0.25) is 0 Å². The third-order valence-corrected chi connectivity index (χ3v) is 6.53. The van der Waals surface area contributed by atoms with Gasteiger partial charge in [-0.1, -0.05) is 51.1 Å². The van der Waals surface area contributed by atoms with Gasteiger partial charge in [0.25, 0.3) is 0 Å². The van der Waals surface area contributed by atoms with Crippen molar-refractivity contribution in [2.24, 2.45) is 22.7 Å². The zero-order valence-corrected chi connectivity index (χ0v) is 12.6. The zero-order valence-electron chi connectivity index (χ0n) is 12.6. The van der Waals surface area contributed by atoms with Crippen LogP contribution in [-0.4, -0.2) is 6.47 Å². The highest BCUT2D eigenvalue weighted by molar-refractivity contribution is 5.40. The average Bonchev–Trinajstić information content (AvgIpc) is 2.78. The van der Waals surface area contributed by atoms with Crippen molar-refractivity contribution in [3.63, 3.8) is 0 Å². The molecule has 2 fully saturated rings. The van der Waals surface area contributed by atoms with Crippen molar-refractivity contribution in [2.45, 2.75) is 46.1 Å². The Balaban J connectivity index is 1.96. The van der Waals surface area contributed by atoms with Gasteiger partial charge in [0, 0.05) is 5.92 Å². The molecule has 2 aliphatic carbocycles. The van der Waals surface area contributed by atoms with E-state index in [2.05, 4.69) is 32.9 Å². The molecule has 2 nitrogen and oxygen atoms in total. The monoisotopic (exact) mass is 271 g/mol. The third-order valence-electron chi connectivity index (χ3n) is 6.53. The number of fused-ring (bicyclic) bond motifs is 2. The first kappa shape index (κ1) is 13.7. The fourth-order valence-electron chi connectivity index (χ4n) is 4.80. The summed E-state index contributed by atoms with van der Waals surface area (Å²) in [5, 5.41) is 0. The fraction of sp³-hybridized carbons (Fsp3) is 0.611. The molecule has 0 aliphatic heterocycles.